The lowest BCUT2D eigenvalue weighted by molar-refractivity contribution is 0.0954. The number of amides is 1. The van der Waals surface area contributed by atoms with Gasteiger partial charge in [0.05, 0.1) is 12.5 Å². The Labute approximate surface area is 87.3 Å². The molecule has 0 aromatic heterocycles. The van der Waals surface area contributed by atoms with E-state index in [9.17, 15) is 4.79 Å². The fraction of sp³-hybridized carbons (Fsp3) is 0.200. The van der Waals surface area contributed by atoms with Crippen LogP contribution in [0.2, 0.25) is 5.02 Å². The average molecular weight is 209 g/mol. The van der Waals surface area contributed by atoms with Gasteiger partial charge >= 0.3 is 0 Å². The van der Waals surface area contributed by atoms with Crippen LogP contribution in [0.3, 0.4) is 0 Å². The van der Waals surface area contributed by atoms with Gasteiger partial charge in [-0.1, -0.05) is 17.7 Å². The van der Waals surface area contributed by atoms with Gasteiger partial charge < -0.3 is 5.32 Å². The quantitative estimate of drug-likeness (QED) is 0.773. The summed E-state index contributed by atoms with van der Waals surface area (Å²) < 4.78 is 0. The second kappa shape index (κ2) is 5.25. The predicted octanol–water partition coefficient (Wildman–Crippen LogP) is 1.98. The van der Waals surface area contributed by atoms with Crippen LogP contribution in [0.15, 0.2) is 24.3 Å². The Morgan fingerprint density at radius 1 is 1.57 bits per heavy atom. The normalized spacial score (nSPS) is 9.14. The Kier molecular flexibility index (Phi) is 3.96. The van der Waals surface area contributed by atoms with Gasteiger partial charge in [0.1, 0.15) is 0 Å². The molecule has 0 aliphatic carbocycles. The minimum Gasteiger partial charge on any atom is -0.351 e. The number of nitriles is 1. The molecule has 1 aromatic rings. The number of hydrogen-bond donors (Lipinski definition) is 1. The summed E-state index contributed by atoms with van der Waals surface area (Å²) in [6.45, 7) is 0.363. The Hall–Kier alpha value is -1.53. The first kappa shape index (κ1) is 10.6. The first-order valence-corrected chi connectivity index (χ1v) is 4.52. The zero-order valence-corrected chi connectivity index (χ0v) is 8.21. The highest BCUT2D eigenvalue weighted by molar-refractivity contribution is 6.30. The third-order valence-electron chi connectivity index (χ3n) is 1.61. The summed E-state index contributed by atoms with van der Waals surface area (Å²) in [6, 6.07) is 8.62. The number of hydrogen-bond acceptors (Lipinski definition) is 2. The Morgan fingerprint density at radius 2 is 2.36 bits per heavy atom. The van der Waals surface area contributed by atoms with Crippen molar-refractivity contribution in [1.29, 1.82) is 5.26 Å². The number of nitrogens with one attached hydrogen (secondary N) is 1. The largest absolute Gasteiger partial charge is 0.351 e. The number of carbonyl (C=O) groups is 1. The first-order valence-electron chi connectivity index (χ1n) is 4.15. The average Bonchev–Trinajstić information content (AvgIpc) is 2.18. The maximum Gasteiger partial charge on any atom is 0.251 e. The van der Waals surface area contributed by atoms with Crippen molar-refractivity contribution in [3.05, 3.63) is 34.9 Å². The van der Waals surface area contributed by atoms with E-state index in [2.05, 4.69) is 5.32 Å². The molecule has 0 saturated heterocycles. The maximum atomic E-state index is 11.4. The van der Waals surface area contributed by atoms with Crippen LogP contribution in [0.5, 0.6) is 0 Å². The van der Waals surface area contributed by atoms with Crippen LogP contribution in [-0.2, 0) is 0 Å². The number of benzene rings is 1. The number of nitrogens with zero attached hydrogens (tertiary/aromatic N) is 1. The van der Waals surface area contributed by atoms with Gasteiger partial charge in [0.25, 0.3) is 5.91 Å². The molecule has 0 saturated carbocycles. The van der Waals surface area contributed by atoms with Gasteiger partial charge in [-0.25, -0.2) is 0 Å². The zero-order chi connectivity index (χ0) is 10.4. The van der Waals surface area contributed by atoms with Crippen LogP contribution in [0.1, 0.15) is 16.8 Å². The van der Waals surface area contributed by atoms with Crippen LogP contribution in [0, 0.1) is 11.3 Å². The minimum atomic E-state index is -0.206. The fourth-order valence-electron chi connectivity index (χ4n) is 0.964. The van der Waals surface area contributed by atoms with E-state index < -0.39 is 0 Å². The van der Waals surface area contributed by atoms with Gasteiger partial charge in [0, 0.05) is 17.1 Å². The third kappa shape index (κ3) is 3.08. The molecular weight excluding hydrogens is 200 g/mol. The van der Waals surface area contributed by atoms with Crippen LogP contribution in [0.25, 0.3) is 0 Å². The Balaban J connectivity index is 2.57. The highest BCUT2D eigenvalue weighted by Crippen LogP contribution is 2.10. The van der Waals surface area contributed by atoms with Crippen molar-refractivity contribution in [2.75, 3.05) is 6.54 Å². The van der Waals surface area contributed by atoms with E-state index in [1.807, 2.05) is 6.07 Å². The van der Waals surface area contributed by atoms with Crippen LogP contribution in [0.4, 0.5) is 0 Å². The smallest absolute Gasteiger partial charge is 0.251 e. The molecule has 0 radical (unpaired) electrons. The van der Waals surface area contributed by atoms with E-state index >= 15 is 0 Å². The molecule has 1 N–H and O–H groups in total. The van der Waals surface area contributed by atoms with Crippen LogP contribution >= 0.6 is 11.6 Å². The molecule has 3 nitrogen and oxygen atoms in total. The summed E-state index contributed by atoms with van der Waals surface area (Å²) in [5, 5.41) is 11.4. The van der Waals surface area contributed by atoms with Crippen molar-refractivity contribution in [2.45, 2.75) is 6.42 Å². The molecule has 0 spiro atoms. The molecule has 4 heteroatoms. The van der Waals surface area contributed by atoms with Crippen molar-refractivity contribution in [3.63, 3.8) is 0 Å². The van der Waals surface area contributed by atoms with Gasteiger partial charge in [-0.05, 0) is 18.2 Å². The summed E-state index contributed by atoms with van der Waals surface area (Å²) in [4.78, 5) is 11.4. The van der Waals surface area contributed by atoms with Crippen LogP contribution < -0.4 is 5.32 Å². The summed E-state index contributed by atoms with van der Waals surface area (Å²) >= 11 is 5.72. The number of rotatable bonds is 3. The lowest BCUT2D eigenvalue weighted by Crippen LogP contribution is -2.24. The minimum absolute atomic E-state index is 0.206. The van der Waals surface area contributed by atoms with Gasteiger partial charge in [0.15, 0.2) is 0 Å². The van der Waals surface area contributed by atoms with E-state index in [0.717, 1.165) is 0 Å². The molecule has 0 atom stereocenters. The van der Waals surface area contributed by atoms with Crippen molar-refractivity contribution in [1.82, 2.24) is 5.32 Å². The maximum absolute atomic E-state index is 11.4. The molecule has 1 aromatic carbocycles. The molecule has 0 bridgehead atoms. The van der Waals surface area contributed by atoms with Crippen molar-refractivity contribution in [2.24, 2.45) is 0 Å². The van der Waals surface area contributed by atoms with Crippen molar-refractivity contribution < 1.29 is 4.79 Å². The Bertz CT molecular complexity index is 371. The summed E-state index contributed by atoms with van der Waals surface area (Å²) in [7, 11) is 0. The fourth-order valence-corrected chi connectivity index (χ4v) is 1.15. The van der Waals surface area contributed by atoms with Crippen LogP contribution in [-0.4, -0.2) is 12.5 Å². The number of carbonyl (C=O) groups excluding carboxylic acids is 1. The SMILES string of the molecule is N#CCCNC(=O)c1cccc(Cl)c1. The van der Waals surface area contributed by atoms with Gasteiger partial charge in [-0.2, -0.15) is 5.26 Å². The second-order valence-electron chi connectivity index (χ2n) is 2.67. The molecular formula is C10H9ClN2O. The Morgan fingerprint density at radius 3 is 3.00 bits per heavy atom. The number of halogens is 1. The topological polar surface area (TPSA) is 52.9 Å². The second-order valence-corrected chi connectivity index (χ2v) is 3.11. The molecule has 1 rings (SSSR count). The van der Waals surface area contributed by atoms with E-state index in [4.69, 9.17) is 16.9 Å². The lowest BCUT2D eigenvalue weighted by atomic mass is 10.2. The molecule has 0 unspecified atom stereocenters. The van der Waals surface area contributed by atoms with Gasteiger partial charge in [-0.15, -0.1) is 0 Å². The highest BCUT2D eigenvalue weighted by atomic mass is 35.5. The van der Waals surface area contributed by atoms with E-state index in [1.165, 1.54) is 0 Å². The van der Waals surface area contributed by atoms with E-state index in [1.54, 1.807) is 24.3 Å². The molecule has 0 aliphatic rings. The van der Waals surface area contributed by atoms with Crippen molar-refractivity contribution >= 4 is 17.5 Å². The summed E-state index contributed by atoms with van der Waals surface area (Å²) in [5.74, 6) is -0.206. The first-order chi connectivity index (χ1) is 6.74. The molecule has 1 amide bonds. The third-order valence-corrected chi connectivity index (χ3v) is 1.84. The zero-order valence-electron chi connectivity index (χ0n) is 7.46. The van der Waals surface area contributed by atoms with Gasteiger partial charge in [-0.3, -0.25) is 4.79 Å². The van der Waals surface area contributed by atoms with Gasteiger partial charge in [0.2, 0.25) is 0 Å². The molecule has 72 valence electrons. The molecule has 0 aliphatic heterocycles. The standard InChI is InChI=1S/C10H9ClN2O/c11-9-4-1-3-8(7-9)10(14)13-6-2-5-12/h1,3-4,7H,2,6H2,(H,13,14). The molecule has 14 heavy (non-hydrogen) atoms. The lowest BCUT2D eigenvalue weighted by Gasteiger charge is -2.02. The summed E-state index contributed by atoms with van der Waals surface area (Å²) in [6.07, 6.45) is 0.312. The summed E-state index contributed by atoms with van der Waals surface area (Å²) in [5.41, 5.74) is 0.510. The monoisotopic (exact) mass is 208 g/mol. The molecule has 0 fully saturated rings. The van der Waals surface area contributed by atoms with Crippen molar-refractivity contribution in [3.8, 4) is 6.07 Å². The van der Waals surface area contributed by atoms with E-state index in [-0.39, 0.29) is 5.91 Å². The highest BCUT2D eigenvalue weighted by Gasteiger charge is 2.03. The predicted molar refractivity (Wildman–Crippen MR) is 54.0 cm³/mol. The van der Waals surface area contributed by atoms with E-state index in [0.29, 0.717) is 23.6 Å². The molecule has 0 heterocycles.